The van der Waals surface area contributed by atoms with Crippen LogP contribution in [0.25, 0.3) is 5.65 Å². The number of fused-ring (bicyclic) bond motifs is 2. The van der Waals surface area contributed by atoms with E-state index in [9.17, 15) is 9.90 Å². The average Bonchev–Trinajstić information content (AvgIpc) is 3.22. The van der Waals surface area contributed by atoms with Crippen LogP contribution in [0.15, 0.2) is 36.4 Å². The summed E-state index contributed by atoms with van der Waals surface area (Å²) in [5.74, 6) is 1.38. The molecular formula is C22H26N6O2. The number of hydrogen-bond donors (Lipinski definition) is 4. The minimum Gasteiger partial charge on any atom is -0.393 e. The van der Waals surface area contributed by atoms with Crippen molar-refractivity contribution in [2.45, 2.75) is 57.1 Å². The molecule has 8 heteroatoms. The average molecular weight is 406 g/mol. The zero-order chi connectivity index (χ0) is 20.9. The highest BCUT2D eigenvalue weighted by molar-refractivity contribution is 6.06. The molecule has 1 aliphatic heterocycles. The van der Waals surface area contributed by atoms with Gasteiger partial charge in [-0.1, -0.05) is 12.1 Å². The van der Waals surface area contributed by atoms with Crippen LogP contribution in [0.2, 0.25) is 0 Å². The highest BCUT2D eigenvalue weighted by Crippen LogP contribution is 2.39. The first-order valence-corrected chi connectivity index (χ1v) is 10.4. The Bertz CT molecular complexity index is 1110. The van der Waals surface area contributed by atoms with Gasteiger partial charge in [0.2, 0.25) is 11.9 Å². The summed E-state index contributed by atoms with van der Waals surface area (Å²) in [4.78, 5) is 16.8. The van der Waals surface area contributed by atoms with Crippen LogP contribution in [0, 0.1) is 0 Å². The second-order valence-electron chi connectivity index (χ2n) is 8.73. The highest BCUT2D eigenvalue weighted by Gasteiger charge is 2.38. The van der Waals surface area contributed by atoms with E-state index in [0.717, 1.165) is 54.1 Å². The number of aliphatic hydroxyl groups excluding tert-OH is 1. The van der Waals surface area contributed by atoms with E-state index in [-0.39, 0.29) is 12.0 Å². The molecule has 3 aromatic rings. The van der Waals surface area contributed by atoms with E-state index in [2.05, 4.69) is 26.0 Å². The van der Waals surface area contributed by atoms with Gasteiger partial charge < -0.3 is 21.1 Å². The van der Waals surface area contributed by atoms with E-state index in [4.69, 9.17) is 0 Å². The van der Waals surface area contributed by atoms with Crippen molar-refractivity contribution in [1.82, 2.24) is 14.6 Å². The summed E-state index contributed by atoms with van der Waals surface area (Å²) in [6, 6.07) is 12.0. The summed E-state index contributed by atoms with van der Waals surface area (Å²) >= 11 is 0. The Morgan fingerprint density at radius 2 is 1.97 bits per heavy atom. The van der Waals surface area contributed by atoms with Gasteiger partial charge >= 0.3 is 0 Å². The van der Waals surface area contributed by atoms with Crippen LogP contribution in [0.1, 0.15) is 45.1 Å². The molecule has 2 aliphatic rings. The molecule has 156 valence electrons. The molecule has 1 fully saturated rings. The largest absolute Gasteiger partial charge is 0.393 e. The zero-order valence-electron chi connectivity index (χ0n) is 17.1. The van der Waals surface area contributed by atoms with Crippen molar-refractivity contribution in [3.8, 4) is 0 Å². The number of aromatic nitrogens is 3. The lowest BCUT2D eigenvalue weighted by atomic mass is 9.86. The normalized spacial score (nSPS) is 22.6. The van der Waals surface area contributed by atoms with Crippen LogP contribution >= 0.6 is 0 Å². The van der Waals surface area contributed by atoms with Crippen molar-refractivity contribution in [2.75, 3.05) is 16.0 Å². The lowest BCUT2D eigenvalue weighted by Crippen LogP contribution is -2.29. The van der Waals surface area contributed by atoms with Crippen molar-refractivity contribution in [3.63, 3.8) is 0 Å². The van der Waals surface area contributed by atoms with E-state index in [1.54, 1.807) is 4.52 Å². The topological polar surface area (TPSA) is 104 Å². The number of carbonyl (C=O) groups excluding carboxylic acids is 1. The highest BCUT2D eigenvalue weighted by atomic mass is 16.3. The van der Waals surface area contributed by atoms with Gasteiger partial charge in [-0.2, -0.15) is 9.50 Å². The van der Waals surface area contributed by atoms with Crippen LogP contribution in [-0.4, -0.2) is 37.8 Å². The van der Waals surface area contributed by atoms with Gasteiger partial charge in [-0.05, 0) is 69.4 Å². The molecule has 0 unspecified atom stereocenters. The Labute approximate surface area is 174 Å². The third kappa shape index (κ3) is 3.27. The van der Waals surface area contributed by atoms with Gasteiger partial charge in [0.25, 0.3) is 0 Å². The van der Waals surface area contributed by atoms with Crippen LogP contribution in [0.4, 0.5) is 23.1 Å². The fraction of sp³-hybridized carbons (Fsp3) is 0.409. The maximum atomic E-state index is 12.2. The summed E-state index contributed by atoms with van der Waals surface area (Å²) in [6.45, 7) is 3.85. The van der Waals surface area contributed by atoms with Crippen molar-refractivity contribution in [2.24, 2.45) is 0 Å². The number of nitrogens with zero attached hydrogens (tertiary/aromatic N) is 3. The van der Waals surface area contributed by atoms with Gasteiger partial charge in [-0.3, -0.25) is 4.79 Å². The maximum absolute atomic E-state index is 12.2. The summed E-state index contributed by atoms with van der Waals surface area (Å²) < 4.78 is 1.80. The maximum Gasteiger partial charge on any atom is 0.247 e. The van der Waals surface area contributed by atoms with E-state index < -0.39 is 5.41 Å². The van der Waals surface area contributed by atoms with E-state index in [0.29, 0.717) is 12.0 Å². The van der Waals surface area contributed by atoms with Crippen molar-refractivity contribution in [3.05, 3.63) is 42.0 Å². The molecule has 0 bridgehead atoms. The summed E-state index contributed by atoms with van der Waals surface area (Å²) in [7, 11) is 0. The Hall–Kier alpha value is -3.13. The number of benzene rings is 1. The minimum atomic E-state index is -0.523. The quantitative estimate of drug-likeness (QED) is 0.529. The standard InChI is InChI=1S/C22H26N6O2/c1-22(2)16-11-8-14(12-17(16)25-20(22)30)24-21-26-19-5-3-4-18(28(19)27-21)23-13-6-9-15(29)10-7-13/h3-5,8,11-13,15,23,29H,6-7,9-10H2,1-2H3,(H,24,27)(H,25,30)/t13-,15-. The summed E-state index contributed by atoms with van der Waals surface area (Å²) in [6.07, 6.45) is 3.35. The molecule has 4 N–H and O–H groups in total. The number of pyridine rings is 1. The lowest BCUT2D eigenvalue weighted by Gasteiger charge is -2.26. The number of carbonyl (C=O) groups is 1. The second kappa shape index (κ2) is 6.98. The van der Waals surface area contributed by atoms with Gasteiger partial charge in [0, 0.05) is 17.4 Å². The van der Waals surface area contributed by atoms with E-state index in [1.165, 1.54) is 0 Å². The smallest absolute Gasteiger partial charge is 0.247 e. The molecule has 0 radical (unpaired) electrons. The molecule has 2 aromatic heterocycles. The third-order valence-corrected chi connectivity index (χ3v) is 6.17. The Balaban J connectivity index is 1.37. The summed E-state index contributed by atoms with van der Waals surface area (Å²) in [5, 5.41) is 24.1. The number of nitrogens with one attached hydrogen (secondary N) is 3. The minimum absolute atomic E-state index is 0.00597. The molecule has 0 atom stereocenters. The predicted molar refractivity (Wildman–Crippen MR) is 116 cm³/mol. The van der Waals surface area contributed by atoms with Gasteiger partial charge in [-0.15, -0.1) is 5.10 Å². The van der Waals surface area contributed by atoms with Crippen molar-refractivity contribution >= 4 is 34.7 Å². The van der Waals surface area contributed by atoms with Gasteiger partial charge in [-0.25, -0.2) is 0 Å². The Morgan fingerprint density at radius 3 is 2.77 bits per heavy atom. The predicted octanol–water partition coefficient (Wildman–Crippen LogP) is 3.42. The molecule has 3 heterocycles. The molecule has 8 nitrogen and oxygen atoms in total. The zero-order valence-corrected chi connectivity index (χ0v) is 17.1. The first kappa shape index (κ1) is 18.9. The summed E-state index contributed by atoms with van der Waals surface area (Å²) in [5.41, 5.74) is 2.85. The molecule has 1 aromatic carbocycles. The fourth-order valence-electron chi connectivity index (χ4n) is 4.30. The molecule has 0 saturated heterocycles. The SMILES string of the molecule is CC1(C)C(=O)Nc2cc(Nc3nc4cccc(N[C@H]5CC[C@H](O)CC5)n4n3)ccc21. The van der Waals surface area contributed by atoms with Crippen molar-refractivity contribution < 1.29 is 9.90 Å². The fourth-order valence-corrected chi connectivity index (χ4v) is 4.30. The Morgan fingerprint density at radius 1 is 1.17 bits per heavy atom. The van der Waals surface area contributed by atoms with Crippen LogP contribution in [-0.2, 0) is 10.2 Å². The molecule has 30 heavy (non-hydrogen) atoms. The molecule has 1 saturated carbocycles. The molecule has 1 aliphatic carbocycles. The van der Waals surface area contributed by atoms with Gasteiger partial charge in [0.15, 0.2) is 5.65 Å². The van der Waals surface area contributed by atoms with Crippen LogP contribution < -0.4 is 16.0 Å². The number of anilines is 4. The second-order valence-corrected chi connectivity index (χ2v) is 8.73. The molecular weight excluding hydrogens is 380 g/mol. The monoisotopic (exact) mass is 406 g/mol. The van der Waals surface area contributed by atoms with E-state index in [1.807, 2.05) is 50.2 Å². The third-order valence-electron chi connectivity index (χ3n) is 6.17. The van der Waals surface area contributed by atoms with Gasteiger partial charge in [0.1, 0.15) is 5.82 Å². The van der Waals surface area contributed by atoms with Gasteiger partial charge in [0.05, 0.1) is 11.5 Å². The first-order chi connectivity index (χ1) is 14.4. The Kier molecular flexibility index (Phi) is 4.39. The van der Waals surface area contributed by atoms with E-state index >= 15 is 0 Å². The first-order valence-electron chi connectivity index (χ1n) is 10.4. The number of amides is 1. The number of rotatable bonds is 4. The van der Waals surface area contributed by atoms with Crippen LogP contribution in [0.3, 0.4) is 0 Å². The van der Waals surface area contributed by atoms with Crippen LogP contribution in [0.5, 0.6) is 0 Å². The van der Waals surface area contributed by atoms with Crippen molar-refractivity contribution in [1.29, 1.82) is 0 Å². The lowest BCUT2D eigenvalue weighted by molar-refractivity contribution is -0.119. The molecule has 1 amide bonds. The number of aliphatic hydroxyl groups is 1. The molecule has 0 spiro atoms. The number of hydrogen-bond acceptors (Lipinski definition) is 6. The molecule has 5 rings (SSSR count).